The van der Waals surface area contributed by atoms with Crippen molar-refractivity contribution in [1.29, 1.82) is 0 Å². The van der Waals surface area contributed by atoms with Crippen LogP contribution >= 0.6 is 0 Å². The third-order valence-corrected chi connectivity index (χ3v) is 2.24. The fourth-order valence-electron chi connectivity index (χ4n) is 1.33. The predicted octanol–water partition coefficient (Wildman–Crippen LogP) is -0.485. The molecule has 0 spiro atoms. The van der Waals surface area contributed by atoms with Crippen molar-refractivity contribution in [1.82, 2.24) is 5.32 Å². The summed E-state index contributed by atoms with van der Waals surface area (Å²) < 4.78 is 0. The minimum Gasteiger partial charge on any atom is -0.405 e. The van der Waals surface area contributed by atoms with E-state index in [9.17, 15) is 0 Å². The first-order valence-electron chi connectivity index (χ1n) is 5.86. The number of nitrogens with one attached hydrogen (secondary N) is 1. The van der Waals surface area contributed by atoms with Crippen molar-refractivity contribution in [3.63, 3.8) is 0 Å². The number of hydrogen-bond donors (Lipinski definition) is 5. The van der Waals surface area contributed by atoms with Crippen LogP contribution in [-0.2, 0) is 0 Å². The maximum absolute atomic E-state index is 5.36. The van der Waals surface area contributed by atoms with E-state index >= 15 is 0 Å². The van der Waals surface area contributed by atoms with Crippen molar-refractivity contribution in [2.75, 3.05) is 26.2 Å². The van der Waals surface area contributed by atoms with Gasteiger partial charge < -0.3 is 28.3 Å². The van der Waals surface area contributed by atoms with E-state index in [-0.39, 0.29) is 0 Å². The molecule has 1 aliphatic rings. The third kappa shape index (κ3) is 8.50. The lowest BCUT2D eigenvalue weighted by Gasteiger charge is -2.09. The standard InChI is InChI=1S/C8H12N2.C4H13N3/c9-5-7-2-1-3-8(4-7)6-10;5-1-3-7-4-2-6/h1-2,5-6H,3-4,9-10H2;7H,1-6H2. The van der Waals surface area contributed by atoms with Gasteiger partial charge in [0.25, 0.3) is 0 Å². The molecule has 5 heteroatoms. The molecule has 0 radical (unpaired) electrons. The van der Waals surface area contributed by atoms with Crippen LogP contribution in [0.3, 0.4) is 0 Å². The topological polar surface area (TPSA) is 116 Å². The SMILES string of the molecule is NC=C1C=CCC(=CN)C1.NCCNCCN. The van der Waals surface area contributed by atoms with Crippen molar-refractivity contribution in [3.8, 4) is 0 Å². The van der Waals surface area contributed by atoms with Crippen LogP contribution in [0.1, 0.15) is 12.8 Å². The summed E-state index contributed by atoms with van der Waals surface area (Å²) >= 11 is 0. The summed E-state index contributed by atoms with van der Waals surface area (Å²) in [6.45, 7) is 3.13. The van der Waals surface area contributed by atoms with Gasteiger partial charge >= 0.3 is 0 Å². The van der Waals surface area contributed by atoms with Crippen LogP contribution in [-0.4, -0.2) is 26.2 Å². The minimum absolute atomic E-state index is 0.694. The molecular weight excluding hydrogens is 214 g/mol. The molecule has 0 heterocycles. The van der Waals surface area contributed by atoms with E-state index in [1.165, 1.54) is 5.57 Å². The van der Waals surface area contributed by atoms with Crippen LogP contribution < -0.4 is 28.3 Å². The predicted molar refractivity (Wildman–Crippen MR) is 73.9 cm³/mol. The highest BCUT2D eigenvalue weighted by Crippen LogP contribution is 2.19. The van der Waals surface area contributed by atoms with E-state index in [4.69, 9.17) is 22.9 Å². The first-order chi connectivity index (χ1) is 8.28. The summed E-state index contributed by atoms with van der Waals surface area (Å²) in [5, 5.41) is 3.03. The normalized spacial score (nSPS) is 19.2. The lowest BCUT2D eigenvalue weighted by molar-refractivity contribution is 0.696. The number of hydrogen-bond acceptors (Lipinski definition) is 5. The van der Waals surface area contributed by atoms with Gasteiger partial charge in [0.05, 0.1) is 0 Å². The van der Waals surface area contributed by atoms with Gasteiger partial charge in [-0.1, -0.05) is 12.2 Å². The first kappa shape index (κ1) is 15.7. The molecule has 0 saturated carbocycles. The van der Waals surface area contributed by atoms with Crippen LogP contribution in [0.2, 0.25) is 0 Å². The Labute approximate surface area is 104 Å². The van der Waals surface area contributed by atoms with Crippen molar-refractivity contribution < 1.29 is 0 Å². The van der Waals surface area contributed by atoms with E-state index in [1.807, 2.05) is 6.08 Å². The molecular formula is C12H25N5. The first-order valence-corrected chi connectivity index (χ1v) is 5.86. The average molecular weight is 239 g/mol. The molecule has 0 atom stereocenters. The highest BCUT2D eigenvalue weighted by atomic mass is 14.9. The molecule has 0 aromatic rings. The Morgan fingerprint density at radius 1 is 1.12 bits per heavy atom. The van der Waals surface area contributed by atoms with Gasteiger partial charge in [0.15, 0.2) is 0 Å². The zero-order valence-corrected chi connectivity index (χ0v) is 10.4. The van der Waals surface area contributed by atoms with Gasteiger partial charge in [-0.3, -0.25) is 0 Å². The molecule has 0 bridgehead atoms. The quantitative estimate of drug-likeness (QED) is 0.425. The Morgan fingerprint density at radius 2 is 1.76 bits per heavy atom. The van der Waals surface area contributed by atoms with E-state index in [1.54, 1.807) is 12.4 Å². The van der Waals surface area contributed by atoms with Crippen LogP contribution in [0, 0.1) is 0 Å². The smallest absolute Gasteiger partial charge is 0.00750 e. The molecule has 0 aromatic heterocycles. The van der Waals surface area contributed by atoms with Crippen molar-refractivity contribution >= 4 is 0 Å². The highest BCUT2D eigenvalue weighted by Gasteiger charge is 2.02. The maximum atomic E-state index is 5.36. The summed E-state index contributed by atoms with van der Waals surface area (Å²) in [7, 11) is 0. The molecule has 9 N–H and O–H groups in total. The Hall–Kier alpha value is -1.30. The van der Waals surface area contributed by atoms with Crippen LogP contribution in [0.5, 0.6) is 0 Å². The molecule has 1 aliphatic carbocycles. The molecule has 0 aliphatic heterocycles. The zero-order chi connectivity index (χ0) is 12.9. The van der Waals surface area contributed by atoms with Gasteiger partial charge in [-0.2, -0.15) is 0 Å². The molecule has 0 unspecified atom stereocenters. The molecule has 1 rings (SSSR count). The van der Waals surface area contributed by atoms with Gasteiger partial charge in [0, 0.05) is 26.2 Å². The lowest BCUT2D eigenvalue weighted by atomic mass is 9.98. The minimum atomic E-state index is 0.694. The van der Waals surface area contributed by atoms with Crippen molar-refractivity contribution in [2.45, 2.75) is 12.8 Å². The molecule has 98 valence electrons. The van der Waals surface area contributed by atoms with E-state index in [0.717, 1.165) is 31.5 Å². The van der Waals surface area contributed by atoms with Gasteiger partial charge in [-0.25, -0.2) is 0 Å². The van der Waals surface area contributed by atoms with Gasteiger partial charge in [0.1, 0.15) is 0 Å². The maximum Gasteiger partial charge on any atom is 0.00750 e. The Bertz CT molecular complexity index is 264. The summed E-state index contributed by atoms with van der Waals surface area (Å²) in [5.74, 6) is 0. The van der Waals surface area contributed by atoms with Gasteiger partial charge in [-0.05, 0) is 36.4 Å². The second-order valence-electron chi connectivity index (χ2n) is 3.68. The van der Waals surface area contributed by atoms with E-state index in [0.29, 0.717) is 13.1 Å². The molecule has 5 nitrogen and oxygen atoms in total. The number of nitrogens with two attached hydrogens (primary N) is 4. The fraction of sp³-hybridized carbons (Fsp3) is 0.500. The van der Waals surface area contributed by atoms with Gasteiger partial charge in [0.2, 0.25) is 0 Å². The summed E-state index contributed by atoms with van der Waals surface area (Å²) in [6, 6.07) is 0. The summed E-state index contributed by atoms with van der Waals surface area (Å²) in [4.78, 5) is 0. The summed E-state index contributed by atoms with van der Waals surface area (Å²) in [6.07, 6.45) is 9.26. The Morgan fingerprint density at radius 3 is 2.24 bits per heavy atom. The fourth-order valence-corrected chi connectivity index (χ4v) is 1.33. The van der Waals surface area contributed by atoms with Gasteiger partial charge in [-0.15, -0.1) is 0 Å². The molecule has 0 aromatic carbocycles. The molecule has 0 saturated heterocycles. The van der Waals surface area contributed by atoms with Crippen molar-refractivity contribution in [3.05, 3.63) is 35.7 Å². The van der Waals surface area contributed by atoms with Crippen LogP contribution in [0.15, 0.2) is 35.7 Å². The number of rotatable bonds is 4. The Kier molecular flexibility index (Phi) is 10.3. The second-order valence-corrected chi connectivity index (χ2v) is 3.68. The molecule has 0 amide bonds. The van der Waals surface area contributed by atoms with Crippen LogP contribution in [0.25, 0.3) is 0 Å². The highest BCUT2D eigenvalue weighted by molar-refractivity contribution is 5.30. The largest absolute Gasteiger partial charge is 0.405 e. The molecule has 0 fully saturated rings. The Balaban J connectivity index is 0.000000325. The van der Waals surface area contributed by atoms with Crippen LogP contribution in [0.4, 0.5) is 0 Å². The average Bonchev–Trinajstić information content (AvgIpc) is 2.40. The zero-order valence-electron chi connectivity index (χ0n) is 10.4. The number of allylic oxidation sites excluding steroid dienone is 4. The second kappa shape index (κ2) is 11.2. The van der Waals surface area contributed by atoms with Crippen molar-refractivity contribution in [2.24, 2.45) is 22.9 Å². The molecule has 17 heavy (non-hydrogen) atoms. The lowest BCUT2D eigenvalue weighted by Crippen LogP contribution is -2.27. The monoisotopic (exact) mass is 239 g/mol. The summed E-state index contributed by atoms with van der Waals surface area (Å²) in [5.41, 5.74) is 23.4. The van der Waals surface area contributed by atoms with E-state index in [2.05, 4.69) is 11.4 Å². The van der Waals surface area contributed by atoms with E-state index < -0.39 is 0 Å². The third-order valence-electron chi connectivity index (χ3n) is 2.24.